The highest BCUT2D eigenvalue weighted by Crippen LogP contribution is 2.16. The molecule has 1 rings (SSSR count). The molecule has 5 heteroatoms. The second-order valence-corrected chi connectivity index (χ2v) is 2.99. The standard InChI is InChI=1S/C8H10ClN3O/c1-11(10-12(2)13)8-5-3-7(9)4-6-8/h3-6H,1-2H3. The fraction of sp³-hybridized carbons (Fsp3) is 0.250. The first kappa shape index (κ1) is 9.80. The zero-order chi connectivity index (χ0) is 9.84. The number of nitrogens with zero attached hydrogens (tertiary/aromatic N) is 3. The van der Waals surface area contributed by atoms with Gasteiger partial charge in [0.05, 0.1) is 5.22 Å². The fourth-order valence-electron chi connectivity index (χ4n) is 0.897. The second kappa shape index (κ2) is 4.09. The highest BCUT2D eigenvalue weighted by Gasteiger charge is 2.04. The molecule has 0 unspecified atom stereocenters. The van der Waals surface area contributed by atoms with Crippen LogP contribution in [-0.2, 0) is 0 Å². The van der Waals surface area contributed by atoms with E-state index in [0.717, 1.165) is 5.69 Å². The molecule has 1 aromatic rings. The highest BCUT2D eigenvalue weighted by molar-refractivity contribution is 6.30. The molecule has 0 fully saturated rings. The van der Waals surface area contributed by atoms with Crippen molar-refractivity contribution in [2.45, 2.75) is 0 Å². The lowest BCUT2D eigenvalue weighted by Gasteiger charge is -2.06. The maximum atomic E-state index is 10.6. The molecule has 0 saturated heterocycles. The first-order chi connectivity index (χ1) is 6.09. The minimum absolute atomic E-state index is 0.495. The van der Waals surface area contributed by atoms with Crippen LogP contribution in [-0.4, -0.2) is 19.0 Å². The predicted octanol–water partition coefficient (Wildman–Crippen LogP) is 2.28. The summed E-state index contributed by atoms with van der Waals surface area (Å²) >= 11 is 5.70. The highest BCUT2D eigenvalue weighted by atomic mass is 35.5. The van der Waals surface area contributed by atoms with Crippen LogP contribution in [0.25, 0.3) is 0 Å². The van der Waals surface area contributed by atoms with Crippen LogP contribution < -0.4 is 5.01 Å². The third-order valence-corrected chi connectivity index (χ3v) is 1.71. The van der Waals surface area contributed by atoms with Crippen LogP contribution in [0.3, 0.4) is 0 Å². The summed E-state index contributed by atoms with van der Waals surface area (Å²) in [7, 11) is 3.02. The maximum absolute atomic E-state index is 10.6. The van der Waals surface area contributed by atoms with Crippen molar-refractivity contribution >= 4 is 17.3 Å². The summed E-state index contributed by atoms with van der Waals surface area (Å²) in [6.45, 7) is 0. The summed E-state index contributed by atoms with van der Waals surface area (Å²) in [5.74, 6) is 0. The summed E-state index contributed by atoms with van der Waals surface area (Å²) in [6, 6.07) is 7.06. The Bertz CT molecular complexity index is 306. The Hall–Kier alpha value is -1.29. The largest absolute Gasteiger partial charge is 0.696 e. The van der Waals surface area contributed by atoms with E-state index in [4.69, 9.17) is 11.6 Å². The molecule has 0 atom stereocenters. The van der Waals surface area contributed by atoms with Crippen molar-refractivity contribution in [3.8, 4) is 0 Å². The molecule has 0 aliphatic carbocycles. The van der Waals surface area contributed by atoms with Crippen molar-refractivity contribution < 1.29 is 4.86 Å². The number of halogens is 1. The zero-order valence-electron chi connectivity index (χ0n) is 7.44. The Morgan fingerprint density at radius 3 is 2.38 bits per heavy atom. The van der Waals surface area contributed by atoms with Crippen molar-refractivity contribution in [3.63, 3.8) is 0 Å². The average Bonchev–Trinajstić information content (AvgIpc) is 2.04. The molecule has 1 aromatic carbocycles. The van der Waals surface area contributed by atoms with Crippen LogP contribution in [0.4, 0.5) is 5.69 Å². The van der Waals surface area contributed by atoms with Crippen molar-refractivity contribution in [3.05, 3.63) is 34.5 Å². The van der Waals surface area contributed by atoms with Gasteiger partial charge in [-0.25, -0.2) is 0 Å². The maximum Gasteiger partial charge on any atom is 0.149 e. The minimum atomic E-state index is 0.495. The van der Waals surface area contributed by atoms with Gasteiger partial charge in [-0.05, 0) is 24.3 Å². The number of anilines is 1. The fourth-order valence-corrected chi connectivity index (χ4v) is 1.02. The predicted molar refractivity (Wildman–Crippen MR) is 51.8 cm³/mol. The summed E-state index contributed by atoms with van der Waals surface area (Å²) in [5, 5.41) is 16.4. The molecule has 0 saturated carbocycles. The summed E-state index contributed by atoms with van der Waals surface area (Å²) in [4.78, 5) is 0.495. The number of hydrogen-bond acceptors (Lipinski definition) is 2. The van der Waals surface area contributed by atoms with E-state index in [1.165, 1.54) is 12.1 Å². The molecular weight excluding hydrogens is 190 g/mol. The van der Waals surface area contributed by atoms with Gasteiger partial charge in [0, 0.05) is 5.02 Å². The van der Waals surface area contributed by atoms with Gasteiger partial charge >= 0.3 is 0 Å². The molecule has 0 radical (unpaired) electrons. The van der Waals surface area contributed by atoms with E-state index in [2.05, 4.69) is 5.22 Å². The van der Waals surface area contributed by atoms with E-state index in [1.54, 1.807) is 31.3 Å². The normalized spacial score (nSPS) is 11.5. The molecule has 0 heterocycles. The van der Waals surface area contributed by atoms with Crippen LogP contribution in [0.5, 0.6) is 0 Å². The minimum Gasteiger partial charge on any atom is -0.696 e. The molecule has 0 amide bonds. The van der Waals surface area contributed by atoms with Gasteiger partial charge in [-0.15, -0.1) is 5.01 Å². The quantitative estimate of drug-likeness (QED) is 0.417. The van der Waals surface area contributed by atoms with E-state index in [0.29, 0.717) is 9.88 Å². The molecule has 0 aliphatic rings. The van der Waals surface area contributed by atoms with E-state index >= 15 is 0 Å². The van der Waals surface area contributed by atoms with E-state index in [-0.39, 0.29) is 0 Å². The Balaban J connectivity index is 2.83. The van der Waals surface area contributed by atoms with Crippen LogP contribution in [0.1, 0.15) is 0 Å². The molecule has 0 spiro atoms. The van der Waals surface area contributed by atoms with Gasteiger partial charge < -0.3 is 5.21 Å². The molecular formula is C8H10ClN3O. The summed E-state index contributed by atoms with van der Waals surface area (Å²) in [5.41, 5.74) is 0.812. The number of rotatable bonds is 2. The molecule has 4 nitrogen and oxygen atoms in total. The van der Waals surface area contributed by atoms with E-state index < -0.39 is 0 Å². The summed E-state index contributed by atoms with van der Waals surface area (Å²) < 4.78 is 0. The van der Waals surface area contributed by atoms with Crippen molar-refractivity contribution in [2.24, 2.45) is 5.22 Å². The van der Waals surface area contributed by atoms with Gasteiger partial charge in [-0.2, -0.15) is 4.86 Å². The number of benzene rings is 1. The molecule has 0 N–H and O–H groups in total. The van der Waals surface area contributed by atoms with Crippen LogP contribution in [0.2, 0.25) is 5.02 Å². The van der Waals surface area contributed by atoms with Crippen molar-refractivity contribution in [2.75, 3.05) is 19.1 Å². The molecule has 0 bridgehead atoms. The molecule has 13 heavy (non-hydrogen) atoms. The second-order valence-electron chi connectivity index (χ2n) is 2.55. The third-order valence-electron chi connectivity index (χ3n) is 1.46. The lowest BCUT2D eigenvalue weighted by molar-refractivity contribution is -0.500. The van der Waals surface area contributed by atoms with Crippen LogP contribution in [0, 0.1) is 5.21 Å². The monoisotopic (exact) mass is 199 g/mol. The zero-order valence-corrected chi connectivity index (χ0v) is 8.19. The van der Waals surface area contributed by atoms with Gasteiger partial charge in [0.25, 0.3) is 0 Å². The molecule has 0 aliphatic heterocycles. The van der Waals surface area contributed by atoms with Gasteiger partial charge in [0.15, 0.2) is 0 Å². The van der Waals surface area contributed by atoms with E-state index in [1.807, 2.05) is 0 Å². The molecule has 0 aromatic heterocycles. The van der Waals surface area contributed by atoms with Gasteiger partial charge in [0.1, 0.15) is 19.8 Å². The van der Waals surface area contributed by atoms with E-state index in [9.17, 15) is 5.21 Å². The lowest BCUT2D eigenvalue weighted by Crippen LogP contribution is -2.11. The van der Waals surface area contributed by atoms with Gasteiger partial charge in [-0.3, -0.25) is 0 Å². The van der Waals surface area contributed by atoms with Gasteiger partial charge in [0.2, 0.25) is 0 Å². The Morgan fingerprint density at radius 2 is 1.92 bits per heavy atom. The third kappa shape index (κ3) is 2.91. The van der Waals surface area contributed by atoms with Gasteiger partial charge in [-0.1, -0.05) is 11.6 Å². The Labute approximate surface area is 81.6 Å². The first-order valence-corrected chi connectivity index (χ1v) is 4.09. The van der Waals surface area contributed by atoms with Crippen LogP contribution >= 0.6 is 11.6 Å². The lowest BCUT2D eigenvalue weighted by atomic mass is 10.3. The number of hydrogen-bond donors (Lipinski definition) is 0. The molecule has 70 valence electrons. The van der Waals surface area contributed by atoms with Crippen LogP contribution in [0.15, 0.2) is 29.5 Å². The van der Waals surface area contributed by atoms with Crippen molar-refractivity contribution in [1.82, 2.24) is 0 Å². The topological polar surface area (TPSA) is 41.7 Å². The Morgan fingerprint density at radius 1 is 1.38 bits per heavy atom. The Kier molecular flexibility index (Phi) is 3.08. The first-order valence-electron chi connectivity index (χ1n) is 3.71. The smallest absolute Gasteiger partial charge is 0.149 e. The SMILES string of the molecule is CN(N=[N+](C)[O-])c1ccc(Cl)cc1. The summed E-state index contributed by atoms with van der Waals surface area (Å²) in [6.07, 6.45) is 0. The average molecular weight is 200 g/mol. The van der Waals surface area contributed by atoms with Crippen molar-refractivity contribution in [1.29, 1.82) is 0 Å². The number of hydroxylamine groups is 1.